The predicted octanol–water partition coefficient (Wildman–Crippen LogP) is 1.07. The fraction of sp³-hybridized carbons (Fsp3) is 0.400. The Morgan fingerprint density at radius 3 is 2.65 bits per heavy atom. The molecule has 94 valence electrons. The van der Waals surface area contributed by atoms with E-state index in [1.807, 2.05) is 0 Å². The van der Waals surface area contributed by atoms with Crippen molar-refractivity contribution < 1.29 is 12.8 Å². The molecule has 1 heterocycles. The van der Waals surface area contributed by atoms with Crippen molar-refractivity contribution in [1.29, 1.82) is 0 Å². The van der Waals surface area contributed by atoms with Crippen molar-refractivity contribution in [3.63, 3.8) is 0 Å². The highest BCUT2D eigenvalue weighted by atomic mass is 35.5. The number of nitrogens with one attached hydrogen (secondary N) is 1. The number of rotatable bonds is 3. The Morgan fingerprint density at radius 2 is 2.12 bits per heavy atom. The van der Waals surface area contributed by atoms with Crippen molar-refractivity contribution in [3.05, 3.63) is 29.0 Å². The molecule has 0 bridgehead atoms. The number of halogens is 2. The number of hydrogen-bond acceptors (Lipinski definition) is 3. The van der Waals surface area contributed by atoms with E-state index in [-0.39, 0.29) is 16.0 Å². The summed E-state index contributed by atoms with van der Waals surface area (Å²) in [5.74, 6) is -0.617. The molecule has 1 aromatic carbocycles. The van der Waals surface area contributed by atoms with Gasteiger partial charge >= 0.3 is 0 Å². The molecule has 17 heavy (non-hydrogen) atoms. The molecule has 1 fully saturated rings. The Hall–Kier alpha value is -0.690. The Bertz CT molecular complexity index is 531. The number of likely N-dealkylation sites (N-methyl/N-ethyl adjacent to an activating group) is 1. The van der Waals surface area contributed by atoms with Crippen LogP contribution in [0.1, 0.15) is 0 Å². The van der Waals surface area contributed by atoms with Crippen LogP contribution in [0.5, 0.6) is 0 Å². The smallest absolute Gasteiger partial charge is 0.244 e. The second kappa shape index (κ2) is 4.53. The normalized spacial score (nSPS) is 17.2. The van der Waals surface area contributed by atoms with E-state index in [4.69, 9.17) is 11.6 Å². The molecule has 2 rings (SSSR count). The highest BCUT2D eigenvalue weighted by molar-refractivity contribution is 7.89. The monoisotopic (exact) mass is 278 g/mol. The van der Waals surface area contributed by atoms with E-state index in [1.165, 1.54) is 17.4 Å². The van der Waals surface area contributed by atoms with E-state index >= 15 is 0 Å². The van der Waals surface area contributed by atoms with E-state index in [0.717, 1.165) is 12.1 Å². The van der Waals surface area contributed by atoms with E-state index in [1.54, 1.807) is 0 Å². The topological polar surface area (TPSA) is 49.4 Å². The molecular formula is C10H12ClFN2O2S. The van der Waals surface area contributed by atoms with Gasteiger partial charge in [0.25, 0.3) is 0 Å². The lowest BCUT2D eigenvalue weighted by molar-refractivity contribution is 0.274. The van der Waals surface area contributed by atoms with Crippen LogP contribution in [0.15, 0.2) is 23.1 Å². The summed E-state index contributed by atoms with van der Waals surface area (Å²) >= 11 is 5.80. The van der Waals surface area contributed by atoms with Gasteiger partial charge in [-0.25, -0.2) is 12.8 Å². The van der Waals surface area contributed by atoms with Gasteiger partial charge in [-0.2, -0.15) is 4.31 Å². The van der Waals surface area contributed by atoms with Crippen LogP contribution in [0.3, 0.4) is 0 Å². The predicted molar refractivity (Wildman–Crippen MR) is 63.0 cm³/mol. The summed E-state index contributed by atoms with van der Waals surface area (Å²) in [6.45, 7) is 1.20. The lowest BCUT2D eigenvalue weighted by Gasteiger charge is -2.34. The van der Waals surface area contributed by atoms with Gasteiger partial charge in [-0.15, -0.1) is 0 Å². The number of benzene rings is 1. The molecule has 4 nitrogen and oxygen atoms in total. The molecule has 0 aromatic heterocycles. The van der Waals surface area contributed by atoms with Crippen LogP contribution in [-0.2, 0) is 10.0 Å². The van der Waals surface area contributed by atoms with Crippen LogP contribution >= 0.6 is 11.6 Å². The molecule has 1 saturated heterocycles. The molecular weight excluding hydrogens is 267 g/mol. The molecule has 0 amide bonds. The van der Waals surface area contributed by atoms with Crippen molar-refractivity contribution in [2.75, 3.05) is 20.1 Å². The van der Waals surface area contributed by atoms with Crippen LogP contribution in [-0.4, -0.2) is 38.9 Å². The molecule has 0 saturated carbocycles. The van der Waals surface area contributed by atoms with Gasteiger partial charge in [0.05, 0.1) is 5.02 Å². The summed E-state index contributed by atoms with van der Waals surface area (Å²) in [5, 5.41) is 3.01. The first kappa shape index (κ1) is 12.8. The number of hydrogen-bond donors (Lipinski definition) is 1. The lowest BCUT2D eigenvalue weighted by Crippen LogP contribution is -2.57. The maximum absolute atomic E-state index is 13.1. The largest absolute Gasteiger partial charge is 0.313 e. The first-order valence-corrected chi connectivity index (χ1v) is 6.88. The third-order valence-corrected chi connectivity index (χ3v) is 5.22. The Morgan fingerprint density at radius 1 is 1.47 bits per heavy atom. The summed E-state index contributed by atoms with van der Waals surface area (Å²) in [4.78, 5) is -0.187. The minimum atomic E-state index is -3.73. The van der Waals surface area contributed by atoms with Crippen LogP contribution in [0.4, 0.5) is 4.39 Å². The summed E-state index contributed by atoms with van der Waals surface area (Å²) in [5.41, 5.74) is 0. The van der Waals surface area contributed by atoms with Gasteiger partial charge in [0.2, 0.25) is 10.0 Å². The molecule has 7 heteroatoms. The minimum Gasteiger partial charge on any atom is -0.313 e. The average molecular weight is 279 g/mol. The second-order valence-corrected chi connectivity index (χ2v) is 6.28. The Balaban J connectivity index is 2.39. The number of nitrogens with zero attached hydrogens (tertiary/aromatic N) is 1. The number of sulfonamides is 1. The molecule has 0 unspecified atom stereocenters. The maximum Gasteiger partial charge on any atom is 0.244 e. The standard InChI is InChI=1S/C10H12ClFN2O2S/c1-14(8-5-13-6-8)17(15,16)10-4-7(12)2-3-9(10)11/h2-4,8,13H,5-6H2,1H3. The molecule has 1 aliphatic rings. The van der Waals surface area contributed by atoms with Crippen molar-refractivity contribution in [1.82, 2.24) is 9.62 Å². The van der Waals surface area contributed by atoms with Crippen molar-refractivity contribution in [2.45, 2.75) is 10.9 Å². The van der Waals surface area contributed by atoms with E-state index in [9.17, 15) is 12.8 Å². The summed E-state index contributed by atoms with van der Waals surface area (Å²) in [6.07, 6.45) is 0. The third kappa shape index (κ3) is 2.30. The van der Waals surface area contributed by atoms with Gasteiger partial charge in [-0.3, -0.25) is 0 Å². The average Bonchev–Trinajstić information content (AvgIpc) is 2.19. The van der Waals surface area contributed by atoms with Gasteiger partial charge in [0, 0.05) is 26.2 Å². The summed E-state index contributed by atoms with van der Waals surface area (Å²) < 4.78 is 38.7. The zero-order valence-corrected chi connectivity index (χ0v) is 10.7. The zero-order valence-electron chi connectivity index (χ0n) is 9.15. The van der Waals surface area contributed by atoms with Crippen LogP contribution in [0, 0.1) is 5.82 Å². The Kier molecular flexibility index (Phi) is 3.40. The van der Waals surface area contributed by atoms with E-state index in [2.05, 4.69) is 5.32 Å². The van der Waals surface area contributed by atoms with Crippen LogP contribution in [0.2, 0.25) is 5.02 Å². The molecule has 0 aliphatic carbocycles. The van der Waals surface area contributed by atoms with Gasteiger partial charge in [-0.1, -0.05) is 11.6 Å². The molecule has 0 radical (unpaired) electrons. The summed E-state index contributed by atoms with van der Waals surface area (Å²) in [7, 11) is -2.26. The Labute approximate surface area is 104 Å². The van der Waals surface area contributed by atoms with Crippen molar-refractivity contribution in [3.8, 4) is 0 Å². The molecule has 0 spiro atoms. The van der Waals surface area contributed by atoms with Gasteiger partial charge in [-0.05, 0) is 18.2 Å². The quantitative estimate of drug-likeness (QED) is 0.900. The van der Waals surface area contributed by atoms with Gasteiger partial charge in [0.1, 0.15) is 10.7 Å². The summed E-state index contributed by atoms with van der Waals surface area (Å²) in [6, 6.07) is 3.22. The molecule has 1 N–H and O–H groups in total. The molecule has 1 aliphatic heterocycles. The first-order chi connectivity index (χ1) is 7.93. The van der Waals surface area contributed by atoms with Crippen LogP contribution < -0.4 is 5.32 Å². The molecule has 0 atom stereocenters. The van der Waals surface area contributed by atoms with E-state index < -0.39 is 15.8 Å². The highest BCUT2D eigenvalue weighted by Crippen LogP contribution is 2.26. The molecule has 1 aromatic rings. The third-order valence-electron chi connectivity index (χ3n) is 2.82. The van der Waals surface area contributed by atoms with Gasteiger partial charge in [0.15, 0.2) is 0 Å². The second-order valence-electron chi connectivity index (χ2n) is 3.91. The fourth-order valence-electron chi connectivity index (χ4n) is 1.56. The minimum absolute atomic E-state index is 0.0329. The van der Waals surface area contributed by atoms with Gasteiger partial charge < -0.3 is 5.32 Å². The maximum atomic E-state index is 13.1. The fourth-order valence-corrected chi connectivity index (χ4v) is 3.39. The lowest BCUT2D eigenvalue weighted by atomic mass is 10.2. The SMILES string of the molecule is CN(C1CNC1)S(=O)(=O)c1cc(F)ccc1Cl. The first-order valence-electron chi connectivity index (χ1n) is 5.07. The van der Waals surface area contributed by atoms with E-state index in [0.29, 0.717) is 13.1 Å². The van der Waals surface area contributed by atoms with Crippen molar-refractivity contribution in [2.24, 2.45) is 0 Å². The van der Waals surface area contributed by atoms with Crippen LogP contribution in [0.25, 0.3) is 0 Å². The van der Waals surface area contributed by atoms with Crippen molar-refractivity contribution >= 4 is 21.6 Å². The zero-order chi connectivity index (χ0) is 12.6. The highest BCUT2D eigenvalue weighted by Gasteiger charge is 2.33.